The number of para-hydroxylation sites is 1. The molecule has 6 heteroatoms. The first kappa shape index (κ1) is 13.3. The molecule has 0 saturated heterocycles. The molecule has 21 heavy (non-hydrogen) atoms. The Kier molecular flexibility index (Phi) is 3.88. The summed E-state index contributed by atoms with van der Waals surface area (Å²) in [4.78, 5) is 0. The molecule has 0 saturated carbocycles. The Morgan fingerprint density at radius 3 is 2.52 bits per heavy atom. The van der Waals surface area contributed by atoms with E-state index in [4.69, 9.17) is 4.74 Å². The SMILES string of the molecule is CNCc1ccc(Oc2nnnn2-c2ccccc2)cc1. The lowest BCUT2D eigenvalue weighted by Crippen LogP contribution is -2.04. The molecule has 0 spiro atoms. The fourth-order valence-electron chi connectivity index (χ4n) is 1.96. The predicted octanol–water partition coefficient (Wildman–Crippen LogP) is 2.17. The van der Waals surface area contributed by atoms with Crippen molar-refractivity contribution in [2.24, 2.45) is 0 Å². The van der Waals surface area contributed by atoms with E-state index in [-0.39, 0.29) is 0 Å². The fraction of sp³-hybridized carbons (Fsp3) is 0.133. The van der Waals surface area contributed by atoms with Crippen molar-refractivity contribution in [3.05, 3.63) is 60.2 Å². The molecular formula is C15H15N5O. The van der Waals surface area contributed by atoms with Gasteiger partial charge in [-0.15, -0.1) is 0 Å². The largest absolute Gasteiger partial charge is 0.423 e. The highest BCUT2D eigenvalue weighted by molar-refractivity contribution is 5.34. The first-order chi connectivity index (χ1) is 10.4. The molecule has 3 aromatic rings. The van der Waals surface area contributed by atoms with Crippen molar-refractivity contribution in [2.75, 3.05) is 7.05 Å². The molecule has 0 aliphatic rings. The molecule has 1 aromatic heterocycles. The van der Waals surface area contributed by atoms with Crippen LogP contribution in [-0.4, -0.2) is 27.3 Å². The molecule has 0 bridgehead atoms. The van der Waals surface area contributed by atoms with Crippen LogP contribution in [-0.2, 0) is 6.54 Å². The zero-order valence-electron chi connectivity index (χ0n) is 11.6. The molecule has 6 nitrogen and oxygen atoms in total. The van der Waals surface area contributed by atoms with E-state index >= 15 is 0 Å². The Balaban J connectivity index is 1.81. The zero-order valence-corrected chi connectivity index (χ0v) is 11.6. The normalized spacial score (nSPS) is 10.5. The quantitative estimate of drug-likeness (QED) is 0.776. The van der Waals surface area contributed by atoms with E-state index in [0.29, 0.717) is 11.8 Å². The third kappa shape index (κ3) is 3.06. The van der Waals surface area contributed by atoms with Crippen LogP contribution in [0.4, 0.5) is 0 Å². The van der Waals surface area contributed by atoms with E-state index in [0.717, 1.165) is 12.2 Å². The lowest BCUT2D eigenvalue weighted by Gasteiger charge is -2.06. The summed E-state index contributed by atoms with van der Waals surface area (Å²) >= 11 is 0. The number of benzene rings is 2. The summed E-state index contributed by atoms with van der Waals surface area (Å²) in [5.74, 6) is 0.696. The number of rotatable bonds is 5. The van der Waals surface area contributed by atoms with Crippen molar-refractivity contribution in [2.45, 2.75) is 6.54 Å². The Bertz CT molecular complexity index is 694. The number of aromatic nitrogens is 4. The maximum absolute atomic E-state index is 5.74. The van der Waals surface area contributed by atoms with E-state index in [1.165, 1.54) is 5.56 Å². The molecule has 106 valence electrons. The molecular weight excluding hydrogens is 266 g/mol. The summed E-state index contributed by atoms with van der Waals surface area (Å²) in [5.41, 5.74) is 2.04. The van der Waals surface area contributed by atoms with Gasteiger partial charge in [-0.3, -0.25) is 0 Å². The molecule has 2 aromatic carbocycles. The maximum Gasteiger partial charge on any atom is 0.345 e. The molecule has 0 radical (unpaired) electrons. The smallest absolute Gasteiger partial charge is 0.345 e. The minimum atomic E-state index is 0.336. The van der Waals surface area contributed by atoms with Crippen molar-refractivity contribution < 1.29 is 4.74 Å². The number of hydrogen-bond acceptors (Lipinski definition) is 5. The zero-order chi connectivity index (χ0) is 14.5. The Labute approximate surface area is 122 Å². The molecule has 3 rings (SSSR count). The third-order valence-electron chi connectivity index (χ3n) is 2.96. The average molecular weight is 281 g/mol. The monoisotopic (exact) mass is 281 g/mol. The van der Waals surface area contributed by atoms with Crippen molar-refractivity contribution in [3.63, 3.8) is 0 Å². The van der Waals surface area contributed by atoms with Crippen LogP contribution >= 0.6 is 0 Å². The van der Waals surface area contributed by atoms with Gasteiger partial charge >= 0.3 is 6.01 Å². The van der Waals surface area contributed by atoms with Crippen LogP contribution in [0.1, 0.15) is 5.56 Å². The second kappa shape index (κ2) is 6.15. The van der Waals surface area contributed by atoms with Gasteiger partial charge < -0.3 is 10.1 Å². The van der Waals surface area contributed by atoms with Crippen molar-refractivity contribution in [3.8, 4) is 17.4 Å². The van der Waals surface area contributed by atoms with E-state index in [1.807, 2.05) is 61.6 Å². The summed E-state index contributed by atoms with van der Waals surface area (Å²) in [7, 11) is 1.92. The molecule has 0 unspecified atom stereocenters. The van der Waals surface area contributed by atoms with Crippen LogP contribution in [0.25, 0.3) is 5.69 Å². The van der Waals surface area contributed by atoms with Gasteiger partial charge in [0.2, 0.25) is 0 Å². The first-order valence-corrected chi connectivity index (χ1v) is 6.62. The Morgan fingerprint density at radius 2 is 1.81 bits per heavy atom. The van der Waals surface area contributed by atoms with Gasteiger partial charge in [0, 0.05) is 6.54 Å². The third-order valence-corrected chi connectivity index (χ3v) is 2.96. The van der Waals surface area contributed by atoms with Crippen LogP contribution in [0, 0.1) is 0 Å². The van der Waals surface area contributed by atoms with Gasteiger partial charge in [-0.25, -0.2) is 0 Å². The first-order valence-electron chi connectivity index (χ1n) is 6.62. The number of tetrazole rings is 1. The summed E-state index contributed by atoms with van der Waals surface area (Å²) in [6.07, 6.45) is 0. The number of hydrogen-bond donors (Lipinski definition) is 1. The molecule has 1 N–H and O–H groups in total. The van der Waals surface area contributed by atoms with Crippen LogP contribution in [0.2, 0.25) is 0 Å². The van der Waals surface area contributed by atoms with Crippen LogP contribution in [0.3, 0.4) is 0 Å². The lowest BCUT2D eigenvalue weighted by atomic mass is 10.2. The lowest BCUT2D eigenvalue weighted by molar-refractivity contribution is 0.427. The minimum absolute atomic E-state index is 0.336. The van der Waals surface area contributed by atoms with Crippen LogP contribution in [0.5, 0.6) is 11.8 Å². The number of ether oxygens (including phenoxy) is 1. The second-order valence-corrected chi connectivity index (χ2v) is 4.49. The van der Waals surface area contributed by atoms with E-state index < -0.39 is 0 Å². The summed E-state index contributed by atoms with van der Waals surface area (Å²) in [6, 6.07) is 17.8. The highest BCUT2D eigenvalue weighted by Gasteiger charge is 2.10. The van der Waals surface area contributed by atoms with Gasteiger partial charge in [0.1, 0.15) is 5.75 Å². The second-order valence-electron chi connectivity index (χ2n) is 4.49. The maximum atomic E-state index is 5.74. The predicted molar refractivity (Wildman–Crippen MR) is 78.4 cm³/mol. The molecule has 1 heterocycles. The highest BCUT2D eigenvalue weighted by Crippen LogP contribution is 2.21. The van der Waals surface area contributed by atoms with Gasteiger partial charge in [0.05, 0.1) is 5.69 Å². The molecule has 0 amide bonds. The molecule has 0 aliphatic carbocycles. The Morgan fingerprint density at radius 1 is 1.05 bits per heavy atom. The van der Waals surface area contributed by atoms with Gasteiger partial charge in [-0.1, -0.05) is 35.4 Å². The number of nitrogens with one attached hydrogen (secondary N) is 1. The van der Waals surface area contributed by atoms with Crippen LogP contribution in [0.15, 0.2) is 54.6 Å². The fourth-order valence-corrected chi connectivity index (χ4v) is 1.96. The topological polar surface area (TPSA) is 64.9 Å². The molecule has 0 aliphatic heterocycles. The summed E-state index contributed by atoms with van der Waals surface area (Å²) < 4.78 is 7.30. The van der Waals surface area contributed by atoms with E-state index in [9.17, 15) is 0 Å². The summed E-state index contributed by atoms with van der Waals surface area (Å²) in [6.45, 7) is 0.821. The van der Waals surface area contributed by atoms with Crippen LogP contribution < -0.4 is 10.1 Å². The minimum Gasteiger partial charge on any atom is -0.423 e. The van der Waals surface area contributed by atoms with E-state index in [2.05, 4.69) is 20.8 Å². The van der Waals surface area contributed by atoms with Gasteiger partial charge in [-0.05, 0) is 47.3 Å². The van der Waals surface area contributed by atoms with Crippen molar-refractivity contribution in [1.29, 1.82) is 0 Å². The van der Waals surface area contributed by atoms with Gasteiger partial charge in [0.25, 0.3) is 0 Å². The molecule has 0 fully saturated rings. The standard InChI is InChI=1S/C15H15N5O/c1-16-11-12-7-9-14(10-8-12)21-15-17-18-19-20(15)13-5-3-2-4-6-13/h2-10,16H,11H2,1H3. The average Bonchev–Trinajstić information content (AvgIpc) is 2.98. The summed E-state index contributed by atoms with van der Waals surface area (Å²) in [5, 5.41) is 14.6. The number of nitrogens with zero attached hydrogens (tertiary/aromatic N) is 4. The highest BCUT2D eigenvalue weighted by atomic mass is 16.5. The van der Waals surface area contributed by atoms with Gasteiger partial charge in [0.15, 0.2) is 0 Å². The Hall–Kier alpha value is -2.73. The van der Waals surface area contributed by atoms with E-state index in [1.54, 1.807) is 4.68 Å². The molecule has 0 atom stereocenters. The van der Waals surface area contributed by atoms with Crippen molar-refractivity contribution in [1.82, 2.24) is 25.5 Å². The van der Waals surface area contributed by atoms with Crippen molar-refractivity contribution >= 4 is 0 Å². The van der Waals surface area contributed by atoms with Gasteiger partial charge in [-0.2, -0.15) is 4.68 Å².